The van der Waals surface area contributed by atoms with Crippen LogP contribution in [0.4, 0.5) is 52.7 Å². The highest BCUT2D eigenvalue weighted by atomic mass is 19.4. The van der Waals surface area contributed by atoms with Crippen molar-refractivity contribution in [2.24, 2.45) is 11.8 Å². The average molecular weight is 767 g/mol. The summed E-state index contributed by atoms with van der Waals surface area (Å²) < 4.78 is 182. The van der Waals surface area contributed by atoms with Crippen molar-refractivity contribution < 1.29 is 66.9 Å². The highest BCUT2D eigenvalue weighted by Gasteiger charge is 2.44. The Morgan fingerprint density at radius 2 is 0.792 bits per heavy atom. The van der Waals surface area contributed by atoms with Crippen LogP contribution >= 0.6 is 0 Å². The first-order chi connectivity index (χ1) is 24.8. The first kappa shape index (κ1) is 38.8. The summed E-state index contributed by atoms with van der Waals surface area (Å²) in [6.07, 6.45) is -21.3. The molecule has 15 heteroatoms. The normalized spacial score (nSPS) is 22.0. The Morgan fingerprint density at radius 3 is 1.11 bits per heavy atom. The van der Waals surface area contributed by atoms with Gasteiger partial charge in [0.15, 0.2) is 0 Å². The minimum Gasteiger partial charge on any atom is -0.490 e. The van der Waals surface area contributed by atoms with E-state index >= 15 is 0 Å². The molecule has 288 valence electrons. The Labute approximate surface area is 296 Å². The quantitative estimate of drug-likeness (QED) is 0.167. The van der Waals surface area contributed by atoms with E-state index in [0.717, 1.165) is 12.1 Å². The Balaban J connectivity index is 1.18. The minimum absolute atomic E-state index is 0.0484. The molecule has 0 heterocycles. The van der Waals surface area contributed by atoms with Crippen molar-refractivity contribution >= 4 is 21.5 Å². The molecule has 0 aromatic heterocycles. The molecule has 3 nitrogen and oxygen atoms in total. The zero-order valence-corrected chi connectivity index (χ0v) is 27.9. The van der Waals surface area contributed by atoms with Gasteiger partial charge in [-0.25, -0.2) is 0 Å². The number of benzene rings is 4. The van der Waals surface area contributed by atoms with Crippen molar-refractivity contribution in [1.82, 2.24) is 0 Å². The van der Waals surface area contributed by atoms with Crippen LogP contribution in [0.5, 0.6) is 11.5 Å². The second-order valence-electron chi connectivity index (χ2n) is 13.7. The largest absolute Gasteiger partial charge is 0.490 e. The van der Waals surface area contributed by atoms with Crippen molar-refractivity contribution in [3.8, 4) is 11.5 Å². The molecule has 0 atom stereocenters. The van der Waals surface area contributed by atoms with Crippen LogP contribution < -0.4 is 9.47 Å². The van der Waals surface area contributed by atoms with Gasteiger partial charge >= 0.3 is 24.7 Å². The maximum Gasteiger partial charge on any atom is 0.420 e. The molecule has 2 aliphatic carbocycles. The van der Waals surface area contributed by atoms with Gasteiger partial charge in [0.05, 0.1) is 37.3 Å². The van der Waals surface area contributed by atoms with Gasteiger partial charge < -0.3 is 14.2 Å². The predicted octanol–water partition coefficient (Wildman–Crippen LogP) is 12.7. The number of rotatable bonds is 8. The summed E-state index contributed by atoms with van der Waals surface area (Å²) in [5, 5.41) is 0.0460. The van der Waals surface area contributed by atoms with Gasteiger partial charge in [0.25, 0.3) is 0 Å². The molecule has 0 N–H and O–H groups in total. The minimum atomic E-state index is -4.87. The molecular weight excluding hydrogens is 732 g/mol. The number of halogens is 12. The summed E-state index contributed by atoms with van der Waals surface area (Å²) in [5.41, 5.74) is -1.51. The summed E-state index contributed by atoms with van der Waals surface area (Å²) in [5.74, 6) is -4.04. The summed E-state index contributed by atoms with van der Waals surface area (Å²) in [7, 11) is 0. The lowest BCUT2D eigenvalue weighted by Crippen LogP contribution is -2.32. The fourth-order valence-corrected chi connectivity index (χ4v) is 7.32. The van der Waals surface area contributed by atoms with E-state index in [9.17, 15) is 52.7 Å². The van der Waals surface area contributed by atoms with Crippen LogP contribution in [0.15, 0.2) is 60.7 Å². The van der Waals surface area contributed by atoms with Crippen molar-refractivity contribution in [2.45, 2.75) is 101 Å². The fourth-order valence-electron chi connectivity index (χ4n) is 7.32. The lowest BCUT2D eigenvalue weighted by Gasteiger charge is -2.31. The molecular formula is C38H34F12O3. The van der Waals surface area contributed by atoms with Gasteiger partial charge in [0, 0.05) is 0 Å². The van der Waals surface area contributed by atoms with Gasteiger partial charge in [-0.3, -0.25) is 0 Å². The number of alkyl halides is 12. The molecule has 0 unspecified atom stereocenters. The fraction of sp³-hybridized carbons (Fsp3) is 0.474. The molecule has 6 rings (SSSR count). The van der Waals surface area contributed by atoms with Gasteiger partial charge in [-0.2, -0.15) is 52.7 Å². The second-order valence-corrected chi connectivity index (χ2v) is 13.7. The molecule has 2 aliphatic rings. The van der Waals surface area contributed by atoms with Gasteiger partial charge in [-0.05, 0) is 108 Å². The monoisotopic (exact) mass is 766 g/mol. The number of fused-ring (bicyclic) bond motifs is 2. The molecule has 0 radical (unpaired) electrons. The van der Waals surface area contributed by atoms with E-state index in [4.69, 9.17) is 14.2 Å². The van der Waals surface area contributed by atoms with Gasteiger partial charge in [0.2, 0.25) is 0 Å². The number of hydrogen-bond donors (Lipinski definition) is 0. The second kappa shape index (κ2) is 14.7. The topological polar surface area (TPSA) is 27.7 Å². The molecule has 0 saturated heterocycles. The summed E-state index contributed by atoms with van der Waals surface area (Å²) in [6, 6.07) is 13.6. The average Bonchev–Trinajstić information content (AvgIpc) is 3.06. The summed E-state index contributed by atoms with van der Waals surface area (Å²) >= 11 is 0. The van der Waals surface area contributed by atoms with Crippen LogP contribution in [-0.2, 0) is 30.3 Å². The molecule has 2 saturated carbocycles. The zero-order chi connectivity index (χ0) is 38.3. The van der Waals surface area contributed by atoms with Crippen molar-refractivity contribution in [3.05, 3.63) is 82.9 Å². The third-order valence-electron chi connectivity index (χ3n) is 10.1. The van der Waals surface area contributed by atoms with Crippen molar-refractivity contribution in [2.75, 3.05) is 0 Å². The SMILES string of the molecule is FC(F)(F)c1c(OC2CCC(C(F)(F)F)CC2)ccc2ccc(COCc3ccc4ccc(OC5CCC(C(F)(F)F)CC5)c(C(F)(F)F)c4c3)cc12. The highest BCUT2D eigenvalue weighted by Crippen LogP contribution is 2.46. The van der Waals surface area contributed by atoms with Crippen LogP contribution in [0, 0.1) is 11.8 Å². The molecule has 0 aliphatic heterocycles. The Kier molecular flexibility index (Phi) is 10.8. The summed E-state index contributed by atoms with van der Waals surface area (Å²) in [6.45, 7) is -0.429. The summed E-state index contributed by atoms with van der Waals surface area (Å²) in [4.78, 5) is 0. The van der Waals surface area contributed by atoms with Crippen LogP contribution in [-0.4, -0.2) is 24.6 Å². The lowest BCUT2D eigenvalue weighted by molar-refractivity contribution is -0.186. The number of hydrogen-bond acceptors (Lipinski definition) is 3. The number of ether oxygens (including phenoxy) is 3. The van der Waals surface area contributed by atoms with E-state index in [1.807, 2.05) is 0 Å². The third-order valence-corrected chi connectivity index (χ3v) is 10.1. The Morgan fingerprint density at radius 1 is 0.453 bits per heavy atom. The van der Waals surface area contributed by atoms with E-state index in [-0.39, 0.29) is 86.1 Å². The van der Waals surface area contributed by atoms with Crippen molar-refractivity contribution in [1.29, 1.82) is 0 Å². The maximum absolute atomic E-state index is 14.4. The zero-order valence-electron chi connectivity index (χ0n) is 27.9. The first-order valence-electron chi connectivity index (χ1n) is 17.1. The Bertz CT molecular complexity index is 1760. The lowest BCUT2D eigenvalue weighted by atomic mass is 9.87. The van der Waals surface area contributed by atoms with E-state index in [1.54, 1.807) is 0 Å². The van der Waals surface area contributed by atoms with Crippen molar-refractivity contribution in [3.63, 3.8) is 0 Å². The molecule has 0 bridgehead atoms. The third kappa shape index (κ3) is 9.09. The molecule has 4 aromatic carbocycles. The molecule has 0 amide bonds. The Hall–Kier alpha value is -3.88. The van der Waals surface area contributed by atoms with E-state index in [1.165, 1.54) is 48.5 Å². The predicted molar refractivity (Wildman–Crippen MR) is 171 cm³/mol. The van der Waals surface area contributed by atoms with Crippen LogP contribution in [0.3, 0.4) is 0 Å². The highest BCUT2D eigenvalue weighted by molar-refractivity contribution is 5.90. The van der Waals surface area contributed by atoms with Gasteiger partial charge in [0.1, 0.15) is 22.6 Å². The molecule has 2 fully saturated rings. The van der Waals surface area contributed by atoms with Crippen LogP contribution in [0.1, 0.15) is 73.6 Å². The molecule has 4 aromatic rings. The maximum atomic E-state index is 14.4. The first-order valence-corrected chi connectivity index (χ1v) is 17.1. The van der Waals surface area contributed by atoms with E-state index in [2.05, 4.69) is 0 Å². The van der Waals surface area contributed by atoms with Crippen LogP contribution in [0.25, 0.3) is 21.5 Å². The van der Waals surface area contributed by atoms with E-state index in [0.29, 0.717) is 11.1 Å². The molecule has 0 spiro atoms. The van der Waals surface area contributed by atoms with Crippen LogP contribution in [0.2, 0.25) is 0 Å². The molecule has 53 heavy (non-hydrogen) atoms. The van der Waals surface area contributed by atoms with Gasteiger partial charge in [-0.1, -0.05) is 36.4 Å². The van der Waals surface area contributed by atoms with Gasteiger partial charge in [-0.15, -0.1) is 0 Å². The smallest absolute Gasteiger partial charge is 0.420 e. The van der Waals surface area contributed by atoms with E-state index < -0.39 is 71.4 Å². The standard InChI is InChI=1S/C38H34F12O3/c39-35(40,41)25-7-11-27(12-8-25)52-31-15-5-23-3-1-21(17-29(23)33(31)37(45,46)47)19-51-20-22-2-4-24-6-16-32(34(30(24)18-22)38(48,49)50)53-28-13-9-26(10-14-28)36(42,43)44/h1-6,15-18,25-28H,7-14,19-20H2.